The van der Waals surface area contributed by atoms with Crippen LogP contribution in [0, 0.1) is 0 Å². The van der Waals surface area contributed by atoms with Gasteiger partial charge in [0, 0.05) is 23.5 Å². The van der Waals surface area contributed by atoms with Crippen molar-refractivity contribution >= 4 is 45.3 Å². The summed E-state index contributed by atoms with van der Waals surface area (Å²) in [6.07, 6.45) is 1.72. The second kappa shape index (κ2) is 8.12. The first-order chi connectivity index (χ1) is 13.7. The van der Waals surface area contributed by atoms with Crippen molar-refractivity contribution in [3.8, 4) is 0 Å². The Kier molecular flexibility index (Phi) is 5.41. The zero-order valence-corrected chi connectivity index (χ0v) is 17.1. The summed E-state index contributed by atoms with van der Waals surface area (Å²) >= 11 is 7.20. The van der Waals surface area contributed by atoms with Gasteiger partial charge in [-0.05, 0) is 41.9 Å². The Morgan fingerprint density at radius 2 is 1.93 bits per heavy atom. The van der Waals surface area contributed by atoms with Gasteiger partial charge in [0.25, 0.3) is 0 Å². The van der Waals surface area contributed by atoms with Crippen molar-refractivity contribution in [2.24, 2.45) is 0 Å². The predicted octanol–water partition coefficient (Wildman–Crippen LogP) is 4.89. The number of para-hydroxylation sites is 1. The van der Waals surface area contributed by atoms with Crippen LogP contribution in [0.3, 0.4) is 0 Å². The molecule has 0 aliphatic carbocycles. The summed E-state index contributed by atoms with van der Waals surface area (Å²) in [6.45, 7) is 0.834. The quantitative estimate of drug-likeness (QED) is 0.492. The summed E-state index contributed by atoms with van der Waals surface area (Å²) in [5, 5.41) is 4.62. The zero-order chi connectivity index (χ0) is 19.5. The molecule has 0 saturated heterocycles. The van der Waals surface area contributed by atoms with E-state index >= 15 is 0 Å². The molecule has 4 nitrogen and oxygen atoms in total. The number of rotatable bonds is 4. The van der Waals surface area contributed by atoms with Gasteiger partial charge in [0.05, 0.1) is 12.7 Å². The first-order valence-electron chi connectivity index (χ1n) is 9.07. The first-order valence-corrected chi connectivity index (χ1v) is 10.3. The van der Waals surface area contributed by atoms with Crippen LogP contribution in [0.25, 0.3) is 0 Å². The number of hydrogen-bond acceptors (Lipinski definition) is 4. The van der Waals surface area contributed by atoms with E-state index in [1.165, 1.54) is 18.2 Å². The van der Waals surface area contributed by atoms with E-state index in [0.717, 1.165) is 35.0 Å². The molecule has 0 radical (unpaired) electrons. The van der Waals surface area contributed by atoms with E-state index in [9.17, 15) is 4.79 Å². The van der Waals surface area contributed by atoms with E-state index in [1.807, 2.05) is 36.4 Å². The van der Waals surface area contributed by atoms with Gasteiger partial charge in [-0.15, -0.1) is 11.3 Å². The molecule has 0 amide bonds. The minimum Gasteiger partial charge on any atom is -0.465 e. The fourth-order valence-corrected chi connectivity index (χ4v) is 4.83. The lowest BCUT2D eigenvalue weighted by Gasteiger charge is -2.21. The summed E-state index contributed by atoms with van der Waals surface area (Å²) in [5.41, 5.74) is 4.13. The summed E-state index contributed by atoms with van der Waals surface area (Å²) in [4.78, 5) is 15.5. The van der Waals surface area contributed by atoms with E-state index < -0.39 is 0 Å². The number of thiophene rings is 1. The normalized spacial score (nSPS) is 12.5. The van der Waals surface area contributed by atoms with Gasteiger partial charge in [-0.1, -0.05) is 48.5 Å². The van der Waals surface area contributed by atoms with E-state index in [4.69, 9.17) is 17.0 Å². The van der Waals surface area contributed by atoms with Gasteiger partial charge in [-0.25, -0.2) is 4.79 Å². The first kappa shape index (κ1) is 18.7. The van der Waals surface area contributed by atoms with Crippen molar-refractivity contribution < 1.29 is 9.53 Å². The Balaban J connectivity index is 1.58. The topological polar surface area (TPSA) is 41.6 Å². The summed E-state index contributed by atoms with van der Waals surface area (Å²) in [6, 6.07) is 20.3. The third-order valence-electron chi connectivity index (χ3n) is 4.76. The molecule has 0 bridgehead atoms. The minimum absolute atomic E-state index is 0.359. The Morgan fingerprint density at radius 3 is 2.71 bits per heavy atom. The number of ether oxygens (including phenoxy) is 1. The fraction of sp³-hybridized carbons (Fsp3) is 0.182. The molecule has 1 N–H and O–H groups in total. The van der Waals surface area contributed by atoms with E-state index in [1.54, 1.807) is 11.3 Å². The number of anilines is 2. The van der Waals surface area contributed by atoms with Crippen LogP contribution in [-0.4, -0.2) is 24.7 Å². The standard InChI is InChI=1S/C22H20N2O2S2/c1-26-21(25)18-14-17(13-15-7-3-2-4-8-15)28-20(18)23-22(27)24-12-11-16-9-5-6-10-19(16)24/h2-10,14H,11-13H2,1H3,(H,23,27). The Labute approximate surface area is 173 Å². The maximum Gasteiger partial charge on any atom is 0.340 e. The van der Waals surface area contributed by atoms with Gasteiger partial charge >= 0.3 is 5.97 Å². The molecule has 6 heteroatoms. The van der Waals surface area contributed by atoms with Crippen LogP contribution in [0.4, 0.5) is 10.7 Å². The van der Waals surface area contributed by atoms with Crippen LogP contribution in [0.2, 0.25) is 0 Å². The molecule has 0 atom stereocenters. The van der Waals surface area contributed by atoms with E-state index in [2.05, 4.69) is 34.5 Å². The molecule has 3 aromatic rings. The van der Waals surface area contributed by atoms with Crippen molar-refractivity contribution in [2.75, 3.05) is 23.9 Å². The number of thiocarbonyl (C=S) groups is 1. The fourth-order valence-electron chi connectivity index (χ4n) is 3.39. The lowest BCUT2D eigenvalue weighted by Crippen LogP contribution is -2.33. The number of methoxy groups -OCH3 is 1. The van der Waals surface area contributed by atoms with Crippen molar-refractivity contribution in [3.63, 3.8) is 0 Å². The molecule has 4 rings (SSSR count). The van der Waals surface area contributed by atoms with Crippen LogP contribution in [0.15, 0.2) is 60.7 Å². The highest BCUT2D eigenvalue weighted by atomic mass is 32.1. The van der Waals surface area contributed by atoms with Crippen LogP contribution in [-0.2, 0) is 17.6 Å². The van der Waals surface area contributed by atoms with Gasteiger partial charge < -0.3 is 15.0 Å². The van der Waals surface area contributed by atoms with Crippen LogP contribution in [0.1, 0.15) is 26.4 Å². The smallest absolute Gasteiger partial charge is 0.340 e. The molecule has 0 spiro atoms. The maximum absolute atomic E-state index is 12.3. The third-order valence-corrected chi connectivity index (χ3v) is 6.14. The Bertz CT molecular complexity index is 1010. The molecule has 0 unspecified atom stereocenters. The number of nitrogens with one attached hydrogen (secondary N) is 1. The van der Waals surface area contributed by atoms with Crippen molar-refractivity contribution in [1.29, 1.82) is 0 Å². The van der Waals surface area contributed by atoms with Gasteiger partial charge in [0.1, 0.15) is 5.00 Å². The maximum atomic E-state index is 12.3. The van der Waals surface area contributed by atoms with Crippen LogP contribution in [0.5, 0.6) is 0 Å². The molecular weight excluding hydrogens is 388 g/mol. The average molecular weight is 409 g/mol. The second-order valence-electron chi connectivity index (χ2n) is 6.57. The van der Waals surface area contributed by atoms with E-state index in [0.29, 0.717) is 10.7 Å². The molecule has 1 aliphatic rings. The molecule has 1 aromatic heterocycles. The number of benzene rings is 2. The number of esters is 1. The second-order valence-corrected chi connectivity index (χ2v) is 8.09. The van der Waals surface area contributed by atoms with Crippen molar-refractivity contribution in [3.05, 3.63) is 82.2 Å². The SMILES string of the molecule is COC(=O)c1cc(Cc2ccccc2)sc1NC(=S)N1CCc2ccccc21. The number of fused-ring (bicyclic) bond motifs is 1. The minimum atomic E-state index is -0.359. The van der Waals surface area contributed by atoms with Crippen LogP contribution < -0.4 is 10.2 Å². The lowest BCUT2D eigenvalue weighted by molar-refractivity contribution is 0.0602. The van der Waals surface area contributed by atoms with E-state index in [-0.39, 0.29) is 5.97 Å². The third kappa shape index (κ3) is 3.79. The molecule has 142 valence electrons. The molecule has 2 heterocycles. The Hall–Kier alpha value is -2.70. The number of nitrogens with zero attached hydrogens (tertiary/aromatic N) is 1. The average Bonchev–Trinajstić information content (AvgIpc) is 3.32. The van der Waals surface area contributed by atoms with Gasteiger partial charge in [0.2, 0.25) is 0 Å². The lowest BCUT2D eigenvalue weighted by atomic mass is 10.1. The molecule has 0 saturated carbocycles. The number of hydrogen-bond donors (Lipinski definition) is 1. The van der Waals surface area contributed by atoms with Crippen LogP contribution >= 0.6 is 23.6 Å². The summed E-state index contributed by atoms with van der Waals surface area (Å²) in [5.74, 6) is -0.359. The number of carbonyl (C=O) groups is 1. The number of carbonyl (C=O) groups excluding carboxylic acids is 1. The highest BCUT2D eigenvalue weighted by Crippen LogP contribution is 2.33. The molecule has 2 aromatic carbocycles. The Morgan fingerprint density at radius 1 is 1.18 bits per heavy atom. The zero-order valence-electron chi connectivity index (χ0n) is 15.5. The largest absolute Gasteiger partial charge is 0.465 e. The molecular formula is C22H20N2O2S2. The highest BCUT2D eigenvalue weighted by Gasteiger charge is 2.24. The predicted molar refractivity (Wildman–Crippen MR) is 119 cm³/mol. The van der Waals surface area contributed by atoms with Crippen molar-refractivity contribution in [2.45, 2.75) is 12.8 Å². The van der Waals surface area contributed by atoms with Gasteiger partial charge in [-0.3, -0.25) is 0 Å². The van der Waals surface area contributed by atoms with Gasteiger partial charge in [-0.2, -0.15) is 0 Å². The summed E-state index contributed by atoms with van der Waals surface area (Å²) < 4.78 is 4.97. The van der Waals surface area contributed by atoms with Gasteiger partial charge in [0.15, 0.2) is 5.11 Å². The molecule has 1 aliphatic heterocycles. The summed E-state index contributed by atoms with van der Waals surface area (Å²) in [7, 11) is 1.40. The molecule has 0 fully saturated rings. The highest BCUT2D eigenvalue weighted by molar-refractivity contribution is 7.80. The molecule has 28 heavy (non-hydrogen) atoms. The van der Waals surface area contributed by atoms with Crippen molar-refractivity contribution in [1.82, 2.24) is 0 Å². The monoisotopic (exact) mass is 408 g/mol.